The zero-order valence-corrected chi connectivity index (χ0v) is 32.6. The summed E-state index contributed by atoms with van der Waals surface area (Å²) in [7, 11) is 0. The van der Waals surface area contributed by atoms with Crippen molar-refractivity contribution in [3.63, 3.8) is 0 Å². The summed E-state index contributed by atoms with van der Waals surface area (Å²) in [5.74, 6) is 0. The molecule has 0 N–H and O–H groups in total. The Morgan fingerprint density at radius 1 is 0.339 bits per heavy atom. The van der Waals surface area contributed by atoms with E-state index in [1.54, 1.807) is 0 Å². The van der Waals surface area contributed by atoms with Gasteiger partial charge in [0.05, 0.1) is 0 Å². The molecule has 3 heterocycles. The molecule has 56 heavy (non-hydrogen) atoms. The van der Waals surface area contributed by atoms with Crippen molar-refractivity contribution in [3.05, 3.63) is 188 Å². The van der Waals surface area contributed by atoms with Gasteiger partial charge in [-0.3, -0.25) is 0 Å². The Balaban J connectivity index is 1.29. The van der Waals surface area contributed by atoms with Crippen LogP contribution in [0.1, 0.15) is 0 Å². The van der Waals surface area contributed by atoms with Crippen molar-refractivity contribution in [2.45, 2.75) is 0 Å². The van der Waals surface area contributed by atoms with Gasteiger partial charge in [-0.15, -0.1) is 0 Å². The Morgan fingerprint density at radius 3 is 1.70 bits per heavy atom. The van der Waals surface area contributed by atoms with Gasteiger partial charge in [0.15, 0.2) is 0 Å². The molecule has 0 fully saturated rings. The van der Waals surface area contributed by atoms with E-state index in [1.165, 1.54) is 61.7 Å². The number of benzene rings is 8. The number of thiophene rings is 1. The van der Waals surface area contributed by atoms with Gasteiger partial charge in [-0.2, -0.15) is 0 Å². The maximum absolute atomic E-state index is 5.14. The quantitative estimate of drug-likeness (QED) is 0.157. The molecule has 11 rings (SSSR count). The number of aromatic nitrogens is 3. The summed E-state index contributed by atoms with van der Waals surface area (Å²) in [5.41, 5.74) is 12.9. The first-order chi connectivity index (χ1) is 27.8. The van der Waals surface area contributed by atoms with Crippen molar-refractivity contribution in [2.24, 2.45) is 0 Å². The van der Waals surface area contributed by atoms with Crippen LogP contribution in [0.4, 0.5) is 0 Å². The second-order valence-corrected chi connectivity index (χ2v) is 17.3. The minimum atomic E-state index is 0.144. The van der Waals surface area contributed by atoms with Gasteiger partial charge in [-0.05, 0) is 0 Å². The third-order valence-corrected chi connectivity index (χ3v) is 14.3. The number of rotatable bonds is 6. The van der Waals surface area contributed by atoms with Gasteiger partial charge in [0, 0.05) is 0 Å². The molecular weight excluding hydrogens is 766 g/mol. The van der Waals surface area contributed by atoms with Gasteiger partial charge in [0.1, 0.15) is 0 Å². The van der Waals surface area contributed by atoms with E-state index >= 15 is 0 Å². The number of hydrogen-bond acceptors (Lipinski definition) is 4. The third kappa shape index (κ3) is 5.36. The van der Waals surface area contributed by atoms with Crippen LogP contribution in [-0.2, 0) is 0 Å². The molecule has 5 heteroatoms. The first-order valence-electron chi connectivity index (χ1n) is 18.7. The van der Waals surface area contributed by atoms with Crippen molar-refractivity contribution in [3.8, 4) is 67.0 Å². The van der Waals surface area contributed by atoms with Crippen LogP contribution in [0.15, 0.2) is 188 Å². The van der Waals surface area contributed by atoms with Crippen molar-refractivity contribution in [1.82, 2.24) is 15.4 Å². The molecule has 8 aromatic carbocycles. The van der Waals surface area contributed by atoms with E-state index in [0.717, 1.165) is 44.8 Å². The molecule has 0 saturated carbocycles. The summed E-state index contributed by atoms with van der Waals surface area (Å²) >= 11 is 1.97. The van der Waals surface area contributed by atoms with E-state index in [2.05, 4.69) is 193 Å². The number of nitrogens with zero attached hydrogens (tertiary/aromatic N) is 3. The second-order valence-electron chi connectivity index (χ2n) is 13.9. The Bertz CT molecular complexity index is 3260. The van der Waals surface area contributed by atoms with Crippen LogP contribution in [-0.4, -0.2) is 29.9 Å². The van der Waals surface area contributed by atoms with Gasteiger partial charge < -0.3 is 0 Å². The SMILES string of the molecule is c1ccc(-c2ccccc2-c2ccccc2-c2ccc3[se]c4ccccc4c3c2-c2nnnc(-c3ccccc3)c2-c2cccc3sc4ccccc4c23)cc1. The monoisotopic (exact) mass is 797 g/mol. The van der Waals surface area contributed by atoms with Gasteiger partial charge in [-0.1, -0.05) is 0 Å². The standard InChI is InChI=1S/C51H31N3SSe/c1-3-16-32(17-4-1)34-20-7-8-21-35(34)36-22-9-10-23-37(36)38-30-31-45-47(40-25-12-14-29-44(40)56-45)48(38)51-49(50(52-54-53-51)33-18-5-2-6-19-33)41-26-15-28-43-46(41)39-24-11-13-27-42(39)55-43/h1-31H. The minimum absolute atomic E-state index is 0.144. The third-order valence-electron chi connectivity index (χ3n) is 10.8. The first-order valence-corrected chi connectivity index (χ1v) is 21.2. The summed E-state index contributed by atoms with van der Waals surface area (Å²) in [4.78, 5) is 0. The van der Waals surface area contributed by atoms with Crippen molar-refractivity contribution in [2.75, 3.05) is 0 Å². The molecule has 3 aromatic heterocycles. The van der Waals surface area contributed by atoms with E-state index in [9.17, 15) is 0 Å². The normalized spacial score (nSPS) is 11.6. The Hall–Kier alpha value is -6.49. The molecule has 0 atom stereocenters. The molecule has 0 unspecified atom stereocenters. The Morgan fingerprint density at radius 2 is 0.911 bits per heavy atom. The van der Waals surface area contributed by atoms with Crippen molar-refractivity contribution < 1.29 is 0 Å². The van der Waals surface area contributed by atoms with Crippen LogP contribution < -0.4 is 0 Å². The molecule has 3 nitrogen and oxygen atoms in total. The summed E-state index contributed by atoms with van der Waals surface area (Å²) in [6, 6.07) is 67.7. The molecule has 0 aliphatic rings. The van der Waals surface area contributed by atoms with Crippen LogP contribution in [0.2, 0.25) is 0 Å². The molecule has 0 amide bonds. The molecule has 0 aliphatic carbocycles. The topological polar surface area (TPSA) is 38.7 Å². The molecule has 11 aromatic rings. The van der Waals surface area contributed by atoms with E-state index in [4.69, 9.17) is 10.2 Å². The fourth-order valence-corrected chi connectivity index (χ4v) is 11.8. The van der Waals surface area contributed by atoms with Crippen LogP contribution in [0, 0.1) is 0 Å². The number of hydrogen-bond donors (Lipinski definition) is 0. The fourth-order valence-electron chi connectivity index (χ4n) is 8.36. The van der Waals surface area contributed by atoms with Crippen LogP contribution in [0.25, 0.3) is 106 Å². The molecule has 0 spiro atoms. The summed E-state index contributed by atoms with van der Waals surface area (Å²) in [5, 5.41) is 19.6. The Kier molecular flexibility index (Phi) is 8.03. The predicted octanol–water partition coefficient (Wildman–Crippen LogP) is 13.6. The maximum atomic E-state index is 5.14. The summed E-state index contributed by atoms with van der Waals surface area (Å²) in [6.45, 7) is 0. The molecule has 262 valence electrons. The molecule has 0 radical (unpaired) electrons. The van der Waals surface area contributed by atoms with Crippen LogP contribution in [0.3, 0.4) is 0 Å². The number of fused-ring (bicyclic) bond motifs is 6. The second kappa shape index (κ2) is 13.7. The van der Waals surface area contributed by atoms with Crippen LogP contribution >= 0.6 is 11.3 Å². The van der Waals surface area contributed by atoms with Gasteiger partial charge in [0.2, 0.25) is 0 Å². The van der Waals surface area contributed by atoms with E-state index < -0.39 is 0 Å². The average Bonchev–Trinajstić information content (AvgIpc) is 3.85. The molecule has 0 saturated heterocycles. The molecule has 0 bridgehead atoms. The average molecular weight is 797 g/mol. The van der Waals surface area contributed by atoms with Crippen molar-refractivity contribution in [1.29, 1.82) is 0 Å². The summed E-state index contributed by atoms with van der Waals surface area (Å²) in [6.07, 6.45) is 0. The predicted molar refractivity (Wildman–Crippen MR) is 237 cm³/mol. The van der Waals surface area contributed by atoms with Gasteiger partial charge in [0.25, 0.3) is 0 Å². The van der Waals surface area contributed by atoms with E-state index in [1.807, 2.05) is 11.3 Å². The van der Waals surface area contributed by atoms with E-state index in [0.29, 0.717) is 0 Å². The Labute approximate surface area is 333 Å². The van der Waals surface area contributed by atoms with Gasteiger partial charge in [-0.25, -0.2) is 0 Å². The van der Waals surface area contributed by atoms with Crippen molar-refractivity contribution >= 4 is 65.3 Å². The van der Waals surface area contributed by atoms with E-state index in [-0.39, 0.29) is 14.5 Å². The zero-order chi connectivity index (χ0) is 37.0. The summed E-state index contributed by atoms with van der Waals surface area (Å²) < 4.78 is 5.23. The van der Waals surface area contributed by atoms with Gasteiger partial charge >= 0.3 is 336 Å². The molecule has 0 aliphatic heterocycles. The zero-order valence-electron chi connectivity index (χ0n) is 30.1. The first kappa shape index (κ1) is 32.9. The fraction of sp³-hybridized carbons (Fsp3) is 0. The molecular formula is C51H31N3SSe. The van der Waals surface area contributed by atoms with Crippen LogP contribution in [0.5, 0.6) is 0 Å².